The number of tetrazole rings is 1. The maximum atomic E-state index is 13.1. The fraction of sp³-hybridized carbons (Fsp3) is 0.176. The van der Waals surface area contributed by atoms with E-state index in [0.29, 0.717) is 11.3 Å². The molecule has 1 atom stereocenters. The lowest BCUT2D eigenvalue weighted by Crippen LogP contribution is -2.36. The van der Waals surface area contributed by atoms with Crippen LogP contribution in [0.5, 0.6) is 5.75 Å². The third-order valence-electron chi connectivity index (χ3n) is 3.42. The Hall–Kier alpha value is -3.29. The number of carbonyl (C=O) groups is 1. The van der Waals surface area contributed by atoms with E-state index in [9.17, 15) is 9.18 Å². The molecular weight excluding hydrogens is 325 g/mol. The molecule has 0 spiro atoms. The van der Waals surface area contributed by atoms with Gasteiger partial charge in [-0.15, -0.1) is 5.10 Å². The number of nitrogens with one attached hydrogen (secondary N) is 1. The van der Waals surface area contributed by atoms with Crippen LogP contribution in [0, 0.1) is 5.82 Å². The van der Waals surface area contributed by atoms with E-state index in [0.717, 1.165) is 5.69 Å². The Morgan fingerprint density at radius 2 is 2.08 bits per heavy atom. The Balaban J connectivity index is 1.54. The van der Waals surface area contributed by atoms with Gasteiger partial charge in [-0.25, -0.2) is 9.07 Å². The molecule has 0 saturated heterocycles. The highest BCUT2D eigenvalue weighted by Crippen LogP contribution is 2.12. The number of aromatic nitrogens is 4. The highest BCUT2D eigenvalue weighted by atomic mass is 19.1. The molecule has 1 N–H and O–H groups in total. The van der Waals surface area contributed by atoms with Crippen LogP contribution in [0.4, 0.5) is 4.39 Å². The summed E-state index contributed by atoms with van der Waals surface area (Å²) < 4.78 is 20.1. The van der Waals surface area contributed by atoms with Crippen molar-refractivity contribution in [1.82, 2.24) is 25.5 Å². The minimum Gasteiger partial charge on any atom is -0.491 e. The summed E-state index contributed by atoms with van der Waals surface area (Å²) in [7, 11) is 0. The molecule has 1 amide bonds. The number of rotatable bonds is 6. The molecule has 1 aromatic heterocycles. The van der Waals surface area contributed by atoms with Crippen LogP contribution in [-0.4, -0.2) is 38.8 Å². The molecule has 0 bridgehead atoms. The summed E-state index contributed by atoms with van der Waals surface area (Å²) in [5.74, 6) is -0.164. The van der Waals surface area contributed by atoms with Gasteiger partial charge in [0.2, 0.25) is 0 Å². The van der Waals surface area contributed by atoms with Gasteiger partial charge in [0.15, 0.2) is 0 Å². The van der Waals surface area contributed by atoms with E-state index in [1.54, 1.807) is 36.4 Å². The van der Waals surface area contributed by atoms with Gasteiger partial charge in [0, 0.05) is 11.6 Å². The first kappa shape index (κ1) is 16.6. The molecule has 25 heavy (non-hydrogen) atoms. The molecule has 2 aromatic carbocycles. The molecule has 3 rings (SSSR count). The number of halogens is 1. The number of ether oxygens (including phenoxy) is 1. The Labute approximate surface area is 143 Å². The Morgan fingerprint density at radius 3 is 2.76 bits per heavy atom. The zero-order chi connectivity index (χ0) is 17.6. The summed E-state index contributed by atoms with van der Waals surface area (Å²) in [6.45, 7) is 2.05. The standard InChI is InChI=1S/C17H16FN5O2/c1-12(10-25-16-4-2-3-14(18)9-16)20-17(24)13-5-7-15(8-6-13)23-11-19-21-22-23/h2-9,11-12H,10H2,1H3,(H,20,24)/t12-/m1/s1. The summed E-state index contributed by atoms with van der Waals surface area (Å²) in [5.41, 5.74) is 1.26. The maximum absolute atomic E-state index is 13.1. The van der Waals surface area contributed by atoms with Crippen LogP contribution in [0.1, 0.15) is 17.3 Å². The van der Waals surface area contributed by atoms with Gasteiger partial charge in [-0.3, -0.25) is 4.79 Å². The number of amides is 1. The fourth-order valence-corrected chi connectivity index (χ4v) is 2.17. The van der Waals surface area contributed by atoms with Crippen molar-refractivity contribution >= 4 is 5.91 Å². The molecule has 0 fully saturated rings. The predicted molar refractivity (Wildman–Crippen MR) is 88.0 cm³/mol. The maximum Gasteiger partial charge on any atom is 0.251 e. The number of nitrogens with zero attached hydrogens (tertiary/aromatic N) is 4. The van der Waals surface area contributed by atoms with E-state index >= 15 is 0 Å². The summed E-state index contributed by atoms with van der Waals surface area (Å²) in [4.78, 5) is 12.2. The first-order valence-corrected chi connectivity index (χ1v) is 7.64. The average molecular weight is 341 g/mol. The summed E-state index contributed by atoms with van der Waals surface area (Å²) in [6, 6.07) is 12.5. The second kappa shape index (κ2) is 7.52. The molecule has 0 aliphatic heterocycles. The van der Waals surface area contributed by atoms with Gasteiger partial charge < -0.3 is 10.1 Å². The average Bonchev–Trinajstić information content (AvgIpc) is 3.15. The minimum atomic E-state index is -0.364. The van der Waals surface area contributed by atoms with Crippen LogP contribution < -0.4 is 10.1 Å². The second-order valence-corrected chi connectivity index (χ2v) is 5.44. The lowest BCUT2D eigenvalue weighted by molar-refractivity contribution is 0.0926. The third kappa shape index (κ3) is 4.37. The molecule has 0 radical (unpaired) electrons. The van der Waals surface area contributed by atoms with Crippen molar-refractivity contribution in [2.75, 3.05) is 6.61 Å². The fourth-order valence-electron chi connectivity index (χ4n) is 2.17. The van der Waals surface area contributed by atoms with E-state index in [1.807, 2.05) is 6.92 Å². The summed E-state index contributed by atoms with van der Waals surface area (Å²) in [5, 5.41) is 13.7. The highest BCUT2D eigenvalue weighted by Gasteiger charge is 2.11. The molecule has 0 aliphatic rings. The number of carbonyl (C=O) groups excluding carboxylic acids is 1. The third-order valence-corrected chi connectivity index (χ3v) is 3.42. The molecule has 0 unspecified atom stereocenters. The van der Waals surface area contributed by atoms with Crippen LogP contribution in [-0.2, 0) is 0 Å². The van der Waals surface area contributed by atoms with Gasteiger partial charge in [-0.2, -0.15) is 0 Å². The van der Waals surface area contributed by atoms with Crippen molar-refractivity contribution in [3.63, 3.8) is 0 Å². The van der Waals surface area contributed by atoms with Gasteiger partial charge in [0.1, 0.15) is 24.5 Å². The molecule has 0 aliphatic carbocycles. The molecular formula is C17H16FN5O2. The topological polar surface area (TPSA) is 81.9 Å². The SMILES string of the molecule is C[C@H](COc1cccc(F)c1)NC(=O)c1ccc(-n2cnnn2)cc1. The van der Waals surface area contributed by atoms with Gasteiger partial charge >= 0.3 is 0 Å². The van der Waals surface area contributed by atoms with Gasteiger partial charge in [-0.05, 0) is 53.7 Å². The number of hydrogen-bond acceptors (Lipinski definition) is 5. The van der Waals surface area contributed by atoms with E-state index in [2.05, 4.69) is 20.8 Å². The molecule has 7 nitrogen and oxygen atoms in total. The van der Waals surface area contributed by atoms with E-state index in [-0.39, 0.29) is 24.4 Å². The number of benzene rings is 2. The lowest BCUT2D eigenvalue weighted by atomic mass is 10.2. The van der Waals surface area contributed by atoms with Crippen LogP contribution in [0.3, 0.4) is 0 Å². The zero-order valence-electron chi connectivity index (χ0n) is 13.5. The normalized spacial score (nSPS) is 11.8. The minimum absolute atomic E-state index is 0.224. The van der Waals surface area contributed by atoms with E-state index in [1.165, 1.54) is 23.1 Å². The van der Waals surface area contributed by atoms with Crippen LogP contribution in [0.15, 0.2) is 54.9 Å². The first-order valence-electron chi connectivity index (χ1n) is 7.64. The van der Waals surface area contributed by atoms with Crippen LogP contribution in [0.2, 0.25) is 0 Å². The van der Waals surface area contributed by atoms with Gasteiger partial charge in [-0.1, -0.05) is 6.07 Å². The first-order chi connectivity index (χ1) is 12.1. The van der Waals surface area contributed by atoms with Crippen molar-refractivity contribution in [2.45, 2.75) is 13.0 Å². The molecule has 1 heterocycles. The van der Waals surface area contributed by atoms with Crippen molar-refractivity contribution in [3.05, 3.63) is 66.2 Å². The van der Waals surface area contributed by atoms with Crippen molar-refractivity contribution < 1.29 is 13.9 Å². The highest BCUT2D eigenvalue weighted by molar-refractivity contribution is 5.94. The molecule has 0 saturated carbocycles. The van der Waals surface area contributed by atoms with Crippen LogP contribution in [0.25, 0.3) is 5.69 Å². The smallest absolute Gasteiger partial charge is 0.251 e. The zero-order valence-corrected chi connectivity index (χ0v) is 13.5. The summed E-state index contributed by atoms with van der Waals surface area (Å²) in [6.07, 6.45) is 1.47. The predicted octanol–water partition coefficient (Wildman–Crippen LogP) is 2.00. The largest absolute Gasteiger partial charge is 0.491 e. The van der Waals surface area contributed by atoms with Crippen molar-refractivity contribution in [1.29, 1.82) is 0 Å². The quantitative estimate of drug-likeness (QED) is 0.741. The Bertz CT molecular complexity index is 837. The Morgan fingerprint density at radius 1 is 1.28 bits per heavy atom. The Kier molecular flexibility index (Phi) is 4.98. The second-order valence-electron chi connectivity index (χ2n) is 5.44. The number of hydrogen-bond donors (Lipinski definition) is 1. The molecule has 8 heteroatoms. The molecule has 3 aromatic rings. The van der Waals surface area contributed by atoms with E-state index in [4.69, 9.17) is 4.74 Å². The van der Waals surface area contributed by atoms with Crippen molar-refractivity contribution in [2.24, 2.45) is 0 Å². The summed E-state index contributed by atoms with van der Waals surface area (Å²) >= 11 is 0. The van der Waals surface area contributed by atoms with Crippen molar-refractivity contribution in [3.8, 4) is 11.4 Å². The van der Waals surface area contributed by atoms with E-state index < -0.39 is 0 Å². The van der Waals surface area contributed by atoms with Gasteiger partial charge in [0.25, 0.3) is 5.91 Å². The van der Waals surface area contributed by atoms with Crippen LogP contribution >= 0.6 is 0 Å². The monoisotopic (exact) mass is 341 g/mol. The lowest BCUT2D eigenvalue weighted by Gasteiger charge is -2.15. The molecule has 128 valence electrons. The van der Waals surface area contributed by atoms with Gasteiger partial charge in [0.05, 0.1) is 11.7 Å².